The van der Waals surface area contributed by atoms with E-state index in [-0.39, 0.29) is 12.1 Å². The van der Waals surface area contributed by atoms with Crippen LogP contribution >= 0.6 is 0 Å². The Balaban J connectivity index is 1.32. The van der Waals surface area contributed by atoms with Gasteiger partial charge in [-0.1, -0.05) is 42.5 Å². The van der Waals surface area contributed by atoms with Gasteiger partial charge in [-0.25, -0.2) is 19.9 Å². The number of aliphatic hydroxyl groups excluding tert-OH is 1. The molecule has 2 aromatic carbocycles. The van der Waals surface area contributed by atoms with Crippen molar-refractivity contribution in [2.75, 3.05) is 10.6 Å². The second-order valence-corrected chi connectivity index (χ2v) is 8.28. The van der Waals surface area contributed by atoms with Crippen LogP contribution in [-0.4, -0.2) is 37.2 Å². The summed E-state index contributed by atoms with van der Waals surface area (Å²) >= 11 is 0. The molecule has 2 heterocycles. The molecule has 0 radical (unpaired) electrons. The first kappa shape index (κ1) is 20.3. The number of nitrogens with one attached hydrogen (secondary N) is 2. The van der Waals surface area contributed by atoms with Gasteiger partial charge < -0.3 is 15.7 Å². The van der Waals surface area contributed by atoms with Crippen LogP contribution in [0.3, 0.4) is 0 Å². The van der Waals surface area contributed by atoms with E-state index in [1.54, 1.807) is 6.20 Å². The van der Waals surface area contributed by atoms with Crippen molar-refractivity contribution in [2.45, 2.75) is 44.2 Å². The maximum absolute atomic E-state index is 9.72. The van der Waals surface area contributed by atoms with Crippen molar-refractivity contribution in [3.05, 3.63) is 78.2 Å². The summed E-state index contributed by atoms with van der Waals surface area (Å²) in [5.74, 6) is 1.21. The van der Waals surface area contributed by atoms with E-state index in [0.717, 1.165) is 37.8 Å². The largest absolute Gasteiger partial charge is 0.393 e. The van der Waals surface area contributed by atoms with Gasteiger partial charge in [-0.15, -0.1) is 0 Å². The highest BCUT2D eigenvalue weighted by molar-refractivity contribution is 5.87. The molecule has 0 bridgehead atoms. The molecule has 1 aliphatic carbocycles. The number of hydrogen-bond donors (Lipinski definition) is 3. The molecule has 1 fully saturated rings. The Labute approximate surface area is 187 Å². The average molecular weight is 427 g/mol. The summed E-state index contributed by atoms with van der Waals surface area (Å²) in [6.07, 6.45) is 7.39. The first-order chi connectivity index (χ1) is 15.7. The third-order valence-electron chi connectivity index (χ3n) is 5.88. The van der Waals surface area contributed by atoms with Gasteiger partial charge in [-0.3, -0.25) is 0 Å². The SMILES string of the molecule is OC1CCC(Nc2ncc3ncnc(Nc4ccc(Cc5ccccc5)cc4)c3n2)CC1. The van der Waals surface area contributed by atoms with Gasteiger partial charge in [-0.2, -0.15) is 0 Å². The molecule has 1 aliphatic rings. The molecule has 1 saturated carbocycles. The summed E-state index contributed by atoms with van der Waals surface area (Å²) in [7, 11) is 0. The molecule has 4 aromatic rings. The molecule has 7 heteroatoms. The number of anilines is 3. The van der Waals surface area contributed by atoms with E-state index in [9.17, 15) is 5.11 Å². The van der Waals surface area contributed by atoms with Crippen LogP contribution in [0.2, 0.25) is 0 Å². The third-order valence-corrected chi connectivity index (χ3v) is 5.88. The standard InChI is InChI=1S/C25H26N6O/c32-21-12-10-20(11-13-21)30-25-26-15-22-23(31-25)24(28-16-27-22)29-19-8-6-18(7-9-19)14-17-4-2-1-3-5-17/h1-9,15-16,20-21,32H,10-14H2,(H,26,30,31)(H,27,28,29). The van der Waals surface area contributed by atoms with Gasteiger partial charge in [0.2, 0.25) is 5.95 Å². The molecular weight excluding hydrogens is 400 g/mol. The minimum atomic E-state index is -0.186. The van der Waals surface area contributed by atoms with Crippen LogP contribution in [0.4, 0.5) is 17.5 Å². The summed E-state index contributed by atoms with van der Waals surface area (Å²) in [6.45, 7) is 0. The molecule has 5 rings (SSSR count). The summed E-state index contributed by atoms with van der Waals surface area (Å²) < 4.78 is 0. The first-order valence-corrected chi connectivity index (χ1v) is 11.1. The van der Waals surface area contributed by atoms with Crippen LogP contribution in [0, 0.1) is 0 Å². The van der Waals surface area contributed by atoms with Gasteiger partial charge in [0.1, 0.15) is 17.4 Å². The fourth-order valence-electron chi connectivity index (χ4n) is 4.09. The Morgan fingerprint density at radius 3 is 2.38 bits per heavy atom. The number of rotatable bonds is 6. The Morgan fingerprint density at radius 1 is 0.844 bits per heavy atom. The fraction of sp³-hybridized carbons (Fsp3) is 0.280. The van der Waals surface area contributed by atoms with E-state index in [4.69, 9.17) is 0 Å². The van der Waals surface area contributed by atoms with Gasteiger partial charge >= 0.3 is 0 Å². The summed E-state index contributed by atoms with van der Waals surface area (Å²) in [5, 5.41) is 16.5. The predicted molar refractivity (Wildman–Crippen MR) is 126 cm³/mol. The molecule has 162 valence electrons. The maximum atomic E-state index is 9.72. The zero-order chi connectivity index (χ0) is 21.8. The minimum absolute atomic E-state index is 0.186. The lowest BCUT2D eigenvalue weighted by molar-refractivity contribution is 0.126. The van der Waals surface area contributed by atoms with Crippen molar-refractivity contribution in [3.8, 4) is 0 Å². The van der Waals surface area contributed by atoms with Crippen LogP contribution in [0.1, 0.15) is 36.8 Å². The normalized spacial score (nSPS) is 18.4. The van der Waals surface area contributed by atoms with E-state index in [1.165, 1.54) is 17.5 Å². The first-order valence-electron chi connectivity index (χ1n) is 11.1. The quantitative estimate of drug-likeness (QED) is 0.419. The van der Waals surface area contributed by atoms with Crippen molar-refractivity contribution in [1.82, 2.24) is 19.9 Å². The Hall–Kier alpha value is -3.58. The van der Waals surface area contributed by atoms with Crippen LogP contribution in [0.15, 0.2) is 67.1 Å². The van der Waals surface area contributed by atoms with Crippen molar-refractivity contribution < 1.29 is 5.11 Å². The summed E-state index contributed by atoms with van der Waals surface area (Å²) in [6, 6.07) is 19.1. The lowest BCUT2D eigenvalue weighted by Gasteiger charge is -2.26. The topological polar surface area (TPSA) is 95.9 Å². The molecule has 0 saturated heterocycles. The number of aliphatic hydroxyl groups is 1. The maximum Gasteiger partial charge on any atom is 0.223 e. The van der Waals surface area contributed by atoms with Crippen molar-refractivity contribution >= 4 is 28.5 Å². The van der Waals surface area contributed by atoms with Crippen molar-refractivity contribution in [3.63, 3.8) is 0 Å². The Bertz CT molecular complexity index is 1170. The average Bonchev–Trinajstić information content (AvgIpc) is 2.83. The lowest BCUT2D eigenvalue weighted by Crippen LogP contribution is -2.28. The zero-order valence-electron chi connectivity index (χ0n) is 17.8. The molecule has 7 nitrogen and oxygen atoms in total. The van der Waals surface area contributed by atoms with E-state index >= 15 is 0 Å². The molecule has 0 amide bonds. The lowest BCUT2D eigenvalue weighted by atomic mass is 9.93. The van der Waals surface area contributed by atoms with Crippen LogP contribution in [-0.2, 0) is 6.42 Å². The molecule has 0 spiro atoms. The molecule has 0 unspecified atom stereocenters. The second-order valence-electron chi connectivity index (χ2n) is 8.28. The van der Waals surface area contributed by atoms with Crippen molar-refractivity contribution in [2.24, 2.45) is 0 Å². The highest BCUT2D eigenvalue weighted by atomic mass is 16.3. The molecular formula is C25H26N6O. The van der Waals surface area contributed by atoms with E-state index < -0.39 is 0 Å². The van der Waals surface area contributed by atoms with Crippen LogP contribution in [0.5, 0.6) is 0 Å². The van der Waals surface area contributed by atoms with E-state index in [2.05, 4.69) is 79.1 Å². The fourth-order valence-corrected chi connectivity index (χ4v) is 4.09. The van der Waals surface area contributed by atoms with Gasteiger partial charge in [0.25, 0.3) is 0 Å². The molecule has 0 atom stereocenters. The van der Waals surface area contributed by atoms with E-state index in [0.29, 0.717) is 22.8 Å². The molecule has 32 heavy (non-hydrogen) atoms. The summed E-state index contributed by atoms with van der Waals surface area (Å²) in [5.41, 5.74) is 4.85. The predicted octanol–water partition coefficient (Wildman–Crippen LogP) is 4.47. The number of nitrogens with zero attached hydrogens (tertiary/aromatic N) is 4. The summed E-state index contributed by atoms with van der Waals surface area (Å²) in [4.78, 5) is 17.8. The number of fused-ring (bicyclic) bond motifs is 1. The molecule has 2 aromatic heterocycles. The highest BCUT2D eigenvalue weighted by Gasteiger charge is 2.20. The number of hydrogen-bond acceptors (Lipinski definition) is 7. The van der Waals surface area contributed by atoms with Gasteiger partial charge in [0, 0.05) is 11.7 Å². The molecule has 3 N–H and O–H groups in total. The second kappa shape index (κ2) is 9.28. The Kier molecular flexibility index (Phi) is 5.89. The van der Waals surface area contributed by atoms with Gasteiger partial charge in [-0.05, 0) is 55.4 Å². The minimum Gasteiger partial charge on any atom is -0.393 e. The number of benzene rings is 2. The smallest absolute Gasteiger partial charge is 0.223 e. The van der Waals surface area contributed by atoms with Crippen molar-refractivity contribution in [1.29, 1.82) is 0 Å². The highest BCUT2D eigenvalue weighted by Crippen LogP contribution is 2.25. The monoisotopic (exact) mass is 426 g/mol. The van der Waals surface area contributed by atoms with Gasteiger partial charge in [0.05, 0.1) is 12.3 Å². The molecule has 0 aliphatic heterocycles. The zero-order valence-corrected chi connectivity index (χ0v) is 17.8. The van der Waals surface area contributed by atoms with Gasteiger partial charge in [0.15, 0.2) is 5.82 Å². The van der Waals surface area contributed by atoms with E-state index in [1.807, 2.05) is 6.07 Å². The number of aromatic nitrogens is 4. The van der Waals surface area contributed by atoms with Crippen LogP contribution < -0.4 is 10.6 Å². The third kappa shape index (κ3) is 4.84. The Morgan fingerprint density at radius 2 is 1.59 bits per heavy atom. The van der Waals surface area contributed by atoms with Crippen LogP contribution in [0.25, 0.3) is 11.0 Å².